The fraction of sp³-hybridized carbons (Fsp3) is 0.208. The molecule has 0 unspecified atom stereocenters. The number of nitrogens with zero attached hydrogens (tertiary/aromatic N) is 1. The maximum atomic E-state index is 11.6. The molecule has 0 radical (unpaired) electrons. The van der Waals surface area contributed by atoms with Gasteiger partial charge >= 0.3 is 11.7 Å². The lowest BCUT2D eigenvalue weighted by Gasteiger charge is -2.14. The molecule has 3 rings (SSSR count). The van der Waals surface area contributed by atoms with Crippen LogP contribution in [-0.2, 0) is 17.9 Å². The highest BCUT2D eigenvalue weighted by atomic mass is 16.6. The van der Waals surface area contributed by atoms with Gasteiger partial charge in [-0.25, -0.2) is 0 Å². The lowest BCUT2D eigenvalue weighted by atomic mass is 9.97. The van der Waals surface area contributed by atoms with Crippen LogP contribution in [-0.4, -0.2) is 33.8 Å². The van der Waals surface area contributed by atoms with Gasteiger partial charge in [-0.3, -0.25) is 20.2 Å². The summed E-state index contributed by atoms with van der Waals surface area (Å²) in [6.45, 7) is 1.62. The van der Waals surface area contributed by atoms with E-state index in [9.17, 15) is 14.9 Å². The van der Waals surface area contributed by atoms with Crippen molar-refractivity contribution < 1.29 is 24.7 Å². The number of nitro benzene ring substituents is 1. The molecule has 3 aromatic rings. The maximum absolute atomic E-state index is 11.6. The predicted molar refractivity (Wildman–Crippen MR) is 119 cm³/mol. The molecule has 0 amide bonds. The Hall–Kier alpha value is -3.75. The SMILES string of the molecule is Cc1c(COc2ccc(CN[C@@H](CO)C(=O)O)cc2[N+](=O)[O-])cccc1-c1ccccc1. The van der Waals surface area contributed by atoms with E-state index in [0.29, 0.717) is 5.56 Å². The van der Waals surface area contributed by atoms with Gasteiger partial charge in [-0.05, 0) is 40.8 Å². The van der Waals surface area contributed by atoms with Gasteiger partial charge in [-0.15, -0.1) is 0 Å². The number of carboxylic acid groups (broad SMARTS) is 1. The van der Waals surface area contributed by atoms with Crippen molar-refractivity contribution in [3.05, 3.63) is 93.5 Å². The van der Waals surface area contributed by atoms with Gasteiger partial charge in [0.25, 0.3) is 0 Å². The van der Waals surface area contributed by atoms with Gasteiger partial charge in [0.15, 0.2) is 5.75 Å². The first-order valence-corrected chi connectivity index (χ1v) is 10.0. The average Bonchev–Trinajstić information content (AvgIpc) is 2.79. The largest absolute Gasteiger partial charge is 0.482 e. The summed E-state index contributed by atoms with van der Waals surface area (Å²) in [7, 11) is 0. The summed E-state index contributed by atoms with van der Waals surface area (Å²) in [6.07, 6.45) is 0. The quantitative estimate of drug-likeness (QED) is 0.327. The van der Waals surface area contributed by atoms with Crippen LogP contribution in [0.4, 0.5) is 5.69 Å². The third-order valence-electron chi connectivity index (χ3n) is 5.17. The third kappa shape index (κ3) is 5.48. The van der Waals surface area contributed by atoms with Gasteiger partial charge in [-0.2, -0.15) is 0 Å². The number of benzene rings is 3. The molecule has 0 aliphatic rings. The number of rotatable bonds is 10. The fourth-order valence-electron chi connectivity index (χ4n) is 3.33. The summed E-state index contributed by atoms with van der Waals surface area (Å²) < 4.78 is 5.80. The minimum Gasteiger partial charge on any atom is -0.482 e. The van der Waals surface area contributed by atoms with Gasteiger partial charge in [0, 0.05) is 12.6 Å². The number of nitrogens with one attached hydrogen (secondary N) is 1. The molecule has 0 bridgehead atoms. The Labute approximate surface area is 185 Å². The molecule has 0 saturated heterocycles. The smallest absolute Gasteiger partial charge is 0.323 e. The summed E-state index contributed by atoms with van der Waals surface area (Å²) in [5.41, 5.74) is 4.39. The first-order chi connectivity index (χ1) is 15.4. The van der Waals surface area contributed by atoms with Crippen LogP contribution in [0.2, 0.25) is 0 Å². The van der Waals surface area contributed by atoms with Crippen LogP contribution in [0.3, 0.4) is 0 Å². The standard InChI is InChI=1S/C24H24N2O6/c1-16-19(8-5-9-20(16)18-6-3-2-4-7-18)15-32-23-11-10-17(12-22(23)26(30)31)13-25-21(14-27)24(28)29/h2-12,21,25,27H,13-15H2,1H3,(H,28,29)/t21-/m0/s1. The zero-order chi connectivity index (χ0) is 23.1. The van der Waals surface area contributed by atoms with Crippen molar-refractivity contribution in [3.63, 3.8) is 0 Å². The fourth-order valence-corrected chi connectivity index (χ4v) is 3.33. The Bertz CT molecular complexity index is 1100. The molecule has 8 heteroatoms. The lowest BCUT2D eigenvalue weighted by molar-refractivity contribution is -0.386. The minimum absolute atomic E-state index is 0.0525. The van der Waals surface area contributed by atoms with Crippen LogP contribution < -0.4 is 10.1 Å². The Kier molecular flexibility index (Phi) is 7.54. The maximum Gasteiger partial charge on any atom is 0.323 e. The normalized spacial score (nSPS) is 11.7. The second-order valence-electron chi connectivity index (χ2n) is 7.26. The summed E-state index contributed by atoms with van der Waals surface area (Å²) in [5, 5.41) is 32.3. The van der Waals surface area contributed by atoms with E-state index in [1.54, 1.807) is 6.07 Å². The topological polar surface area (TPSA) is 122 Å². The van der Waals surface area contributed by atoms with Crippen molar-refractivity contribution in [2.75, 3.05) is 6.61 Å². The molecule has 3 aromatic carbocycles. The third-order valence-corrected chi connectivity index (χ3v) is 5.17. The van der Waals surface area contributed by atoms with Crippen molar-refractivity contribution in [3.8, 4) is 16.9 Å². The molecular formula is C24H24N2O6. The van der Waals surface area contributed by atoms with E-state index in [-0.39, 0.29) is 24.6 Å². The number of ether oxygens (including phenoxy) is 1. The molecule has 1 atom stereocenters. The number of aliphatic carboxylic acids is 1. The molecule has 0 saturated carbocycles. The van der Waals surface area contributed by atoms with Crippen molar-refractivity contribution in [2.45, 2.75) is 26.1 Å². The van der Waals surface area contributed by atoms with Gasteiger partial charge in [0.1, 0.15) is 12.6 Å². The monoisotopic (exact) mass is 436 g/mol. The van der Waals surface area contributed by atoms with Crippen molar-refractivity contribution in [1.29, 1.82) is 0 Å². The molecule has 0 aromatic heterocycles. The number of hydrogen-bond acceptors (Lipinski definition) is 6. The minimum atomic E-state index is -1.20. The van der Waals surface area contributed by atoms with E-state index in [1.165, 1.54) is 12.1 Å². The van der Waals surface area contributed by atoms with Crippen LogP contribution in [0.15, 0.2) is 66.7 Å². The van der Waals surface area contributed by atoms with E-state index < -0.39 is 23.5 Å². The van der Waals surface area contributed by atoms with E-state index in [4.69, 9.17) is 14.9 Å². The van der Waals surface area contributed by atoms with Crippen LogP contribution in [0.1, 0.15) is 16.7 Å². The van der Waals surface area contributed by atoms with Crippen molar-refractivity contribution >= 4 is 11.7 Å². The number of nitro groups is 1. The van der Waals surface area contributed by atoms with Gasteiger partial charge < -0.3 is 14.9 Å². The van der Waals surface area contributed by atoms with Crippen LogP contribution >= 0.6 is 0 Å². The highest BCUT2D eigenvalue weighted by Crippen LogP contribution is 2.30. The van der Waals surface area contributed by atoms with E-state index in [0.717, 1.165) is 22.3 Å². The van der Waals surface area contributed by atoms with Gasteiger partial charge in [0.05, 0.1) is 11.5 Å². The molecule has 0 aliphatic heterocycles. The van der Waals surface area contributed by atoms with E-state index in [1.807, 2.05) is 55.5 Å². The molecule has 3 N–H and O–H groups in total. The first-order valence-electron chi connectivity index (χ1n) is 10.0. The number of carboxylic acids is 1. The highest BCUT2D eigenvalue weighted by Gasteiger charge is 2.19. The average molecular weight is 436 g/mol. The second kappa shape index (κ2) is 10.5. The summed E-state index contributed by atoms with van der Waals surface area (Å²) in [6, 6.07) is 19.1. The molecule has 0 heterocycles. The summed E-state index contributed by atoms with van der Waals surface area (Å²) >= 11 is 0. The van der Waals surface area contributed by atoms with Gasteiger partial charge in [0.2, 0.25) is 0 Å². The van der Waals surface area contributed by atoms with E-state index in [2.05, 4.69) is 5.32 Å². The highest BCUT2D eigenvalue weighted by molar-refractivity contribution is 5.73. The Morgan fingerprint density at radius 2 is 1.88 bits per heavy atom. The van der Waals surface area contributed by atoms with Crippen molar-refractivity contribution in [2.24, 2.45) is 0 Å². The Balaban J connectivity index is 1.76. The van der Waals surface area contributed by atoms with Crippen LogP contribution in [0.25, 0.3) is 11.1 Å². The predicted octanol–water partition coefficient (Wildman–Crippen LogP) is 3.68. The number of aliphatic hydroxyl groups excluding tert-OH is 1. The summed E-state index contributed by atoms with van der Waals surface area (Å²) in [4.78, 5) is 22.0. The molecule has 166 valence electrons. The van der Waals surface area contributed by atoms with Crippen LogP contribution in [0, 0.1) is 17.0 Å². The molecular weight excluding hydrogens is 412 g/mol. The first kappa shape index (κ1) is 22.9. The Morgan fingerprint density at radius 1 is 1.12 bits per heavy atom. The summed E-state index contributed by atoms with van der Waals surface area (Å²) in [5.74, 6) is -1.07. The molecule has 0 fully saturated rings. The second-order valence-corrected chi connectivity index (χ2v) is 7.26. The van der Waals surface area contributed by atoms with E-state index >= 15 is 0 Å². The molecule has 8 nitrogen and oxygen atoms in total. The lowest BCUT2D eigenvalue weighted by Crippen LogP contribution is -2.39. The zero-order valence-electron chi connectivity index (χ0n) is 17.5. The molecule has 0 spiro atoms. The van der Waals surface area contributed by atoms with Gasteiger partial charge in [-0.1, -0.05) is 54.6 Å². The number of aliphatic hydroxyl groups is 1. The number of hydrogen-bond donors (Lipinski definition) is 3. The zero-order valence-corrected chi connectivity index (χ0v) is 17.5. The van der Waals surface area contributed by atoms with Crippen molar-refractivity contribution in [1.82, 2.24) is 5.32 Å². The Morgan fingerprint density at radius 3 is 2.53 bits per heavy atom. The molecule has 32 heavy (non-hydrogen) atoms. The van der Waals surface area contributed by atoms with Crippen LogP contribution in [0.5, 0.6) is 5.75 Å². The number of carbonyl (C=O) groups is 1. The molecule has 0 aliphatic carbocycles.